The average Bonchev–Trinajstić information content (AvgIpc) is 3.06. The van der Waals surface area contributed by atoms with Crippen LogP contribution in [0.1, 0.15) is 22.4 Å². The highest BCUT2D eigenvalue weighted by atomic mass is 35.5. The number of hydrogen-bond donors (Lipinski definition) is 1. The number of aryl methyl sites for hydroxylation is 3. The van der Waals surface area contributed by atoms with Crippen LogP contribution in [-0.2, 0) is 11.2 Å². The largest absolute Gasteiger partial charge is 0.323 e. The van der Waals surface area contributed by atoms with Crippen molar-refractivity contribution in [2.75, 3.05) is 5.32 Å². The fraction of sp³-hybridized carbons (Fsp3) is 0.174. The zero-order valence-electron chi connectivity index (χ0n) is 16.5. The van der Waals surface area contributed by atoms with Crippen molar-refractivity contribution in [3.63, 3.8) is 0 Å². The van der Waals surface area contributed by atoms with Crippen LogP contribution in [0.3, 0.4) is 0 Å². The van der Waals surface area contributed by atoms with Crippen molar-refractivity contribution in [1.82, 2.24) is 14.4 Å². The van der Waals surface area contributed by atoms with Crippen molar-refractivity contribution in [3.8, 4) is 11.3 Å². The average molecular weight is 405 g/mol. The van der Waals surface area contributed by atoms with E-state index in [2.05, 4.69) is 42.3 Å². The number of halogens is 1. The second kappa shape index (κ2) is 7.68. The second-order valence-corrected chi connectivity index (χ2v) is 7.52. The lowest BCUT2D eigenvalue weighted by atomic mass is 10.0. The first kappa shape index (κ1) is 19.2. The zero-order chi connectivity index (χ0) is 20.5. The summed E-state index contributed by atoms with van der Waals surface area (Å²) in [5, 5.41) is 3.12. The Kier molecular flexibility index (Phi) is 5.07. The number of aromatic nitrogens is 3. The molecule has 4 aromatic rings. The van der Waals surface area contributed by atoms with Crippen LogP contribution in [-0.4, -0.2) is 20.3 Å². The predicted molar refractivity (Wildman–Crippen MR) is 116 cm³/mol. The first-order valence-electron chi connectivity index (χ1n) is 9.38. The molecule has 0 aliphatic heterocycles. The van der Waals surface area contributed by atoms with Gasteiger partial charge in [0.25, 0.3) is 0 Å². The number of amides is 1. The molecule has 0 aliphatic carbocycles. The molecule has 0 saturated heterocycles. The molecule has 0 atom stereocenters. The van der Waals surface area contributed by atoms with Crippen LogP contribution in [0.4, 0.5) is 5.69 Å². The number of nitrogens with zero attached hydrogens (tertiary/aromatic N) is 3. The molecule has 5 nitrogen and oxygen atoms in total. The molecule has 0 aliphatic rings. The monoisotopic (exact) mass is 404 g/mol. The summed E-state index contributed by atoms with van der Waals surface area (Å²) in [4.78, 5) is 21.7. The van der Waals surface area contributed by atoms with Crippen LogP contribution in [0.5, 0.6) is 0 Å². The van der Waals surface area contributed by atoms with Crippen LogP contribution in [0.15, 0.2) is 54.9 Å². The molecule has 0 radical (unpaired) electrons. The number of carbonyl (C=O) groups excluding carboxylic acids is 1. The van der Waals surface area contributed by atoms with E-state index in [4.69, 9.17) is 16.6 Å². The summed E-state index contributed by atoms with van der Waals surface area (Å²) >= 11 is 6.08. The van der Waals surface area contributed by atoms with Gasteiger partial charge in [0, 0.05) is 18.0 Å². The number of pyridine rings is 2. The fourth-order valence-corrected chi connectivity index (χ4v) is 3.53. The molecule has 29 heavy (non-hydrogen) atoms. The summed E-state index contributed by atoms with van der Waals surface area (Å²) in [6.45, 7) is 6.18. The van der Waals surface area contributed by atoms with Gasteiger partial charge in [-0.3, -0.25) is 4.79 Å². The molecule has 1 amide bonds. The van der Waals surface area contributed by atoms with E-state index in [1.807, 2.05) is 29.7 Å². The van der Waals surface area contributed by atoms with Gasteiger partial charge in [-0.05, 0) is 61.7 Å². The van der Waals surface area contributed by atoms with Crippen molar-refractivity contribution < 1.29 is 4.79 Å². The van der Waals surface area contributed by atoms with E-state index in [-0.39, 0.29) is 17.5 Å². The van der Waals surface area contributed by atoms with E-state index in [1.165, 1.54) is 11.1 Å². The smallest absolute Gasteiger partial charge is 0.230 e. The standard InChI is InChI=1S/C23H21ClN4O/c1-14-8-9-17(12-16(14)3)21-19(28-11-5-6-15(2)23(28)27-21)13-20(29)26-18-7-4-10-25-22(18)24/h4-12H,13H2,1-3H3,(H,26,29). The quantitative estimate of drug-likeness (QED) is 0.478. The molecule has 146 valence electrons. The van der Waals surface area contributed by atoms with Gasteiger partial charge >= 0.3 is 0 Å². The van der Waals surface area contributed by atoms with Gasteiger partial charge in [0.15, 0.2) is 5.15 Å². The van der Waals surface area contributed by atoms with Gasteiger partial charge in [-0.15, -0.1) is 0 Å². The zero-order valence-corrected chi connectivity index (χ0v) is 17.3. The Labute approximate surface area is 174 Å². The summed E-state index contributed by atoms with van der Waals surface area (Å²) < 4.78 is 1.99. The van der Waals surface area contributed by atoms with Crippen molar-refractivity contribution in [2.45, 2.75) is 27.2 Å². The van der Waals surface area contributed by atoms with E-state index in [1.54, 1.807) is 18.3 Å². The van der Waals surface area contributed by atoms with Crippen LogP contribution in [0.2, 0.25) is 5.15 Å². The highest BCUT2D eigenvalue weighted by Gasteiger charge is 2.19. The number of imidazole rings is 1. The van der Waals surface area contributed by atoms with Gasteiger partial charge < -0.3 is 9.72 Å². The third-order valence-corrected chi connectivity index (χ3v) is 5.39. The molecule has 1 aromatic carbocycles. The van der Waals surface area contributed by atoms with Crippen molar-refractivity contribution in [1.29, 1.82) is 0 Å². The summed E-state index contributed by atoms with van der Waals surface area (Å²) in [5.41, 5.74) is 7.46. The van der Waals surface area contributed by atoms with E-state index in [0.717, 1.165) is 28.2 Å². The normalized spacial score (nSPS) is 11.0. The van der Waals surface area contributed by atoms with Gasteiger partial charge in [0.05, 0.1) is 23.5 Å². The lowest BCUT2D eigenvalue weighted by molar-refractivity contribution is -0.115. The van der Waals surface area contributed by atoms with Crippen LogP contribution >= 0.6 is 11.6 Å². The summed E-state index contributed by atoms with van der Waals surface area (Å²) in [5.74, 6) is -0.173. The maximum atomic E-state index is 12.8. The lowest BCUT2D eigenvalue weighted by Gasteiger charge is -2.09. The van der Waals surface area contributed by atoms with Crippen LogP contribution < -0.4 is 5.32 Å². The Morgan fingerprint density at radius 1 is 1.07 bits per heavy atom. The van der Waals surface area contributed by atoms with Crippen LogP contribution in [0.25, 0.3) is 16.9 Å². The van der Waals surface area contributed by atoms with Crippen LogP contribution in [0, 0.1) is 20.8 Å². The predicted octanol–water partition coefficient (Wildman–Crippen LogP) is 5.16. The number of benzene rings is 1. The first-order valence-corrected chi connectivity index (χ1v) is 9.76. The highest BCUT2D eigenvalue weighted by Crippen LogP contribution is 2.28. The molecule has 3 aromatic heterocycles. The lowest BCUT2D eigenvalue weighted by Crippen LogP contribution is -2.16. The van der Waals surface area contributed by atoms with E-state index >= 15 is 0 Å². The van der Waals surface area contributed by atoms with E-state index < -0.39 is 0 Å². The Morgan fingerprint density at radius 2 is 1.90 bits per heavy atom. The molecular formula is C23H21ClN4O. The molecule has 0 unspecified atom stereocenters. The SMILES string of the molecule is Cc1ccc(-c2nc3c(C)cccn3c2CC(=O)Nc2cccnc2Cl)cc1C. The summed E-state index contributed by atoms with van der Waals surface area (Å²) in [6, 6.07) is 13.7. The highest BCUT2D eigenvalue weighted by molar-refractivity contribution is 6.32. The molecule has 3 heterocycles. The molecular weight excluding hydrogens is 384 g/mol. The molecule has 0 bridgehead atoms. The number of hydrogen-bond acceptors (Lipinski definition) is 3. The van der Waals surface area contributed by atoms with E-state index in [9.17, 15) is 4.79 Å². The van der Waals surface area contributed by atoms with Gasteiger partial charge in [0.1, 0.15) is 5.65 Å². The summed E-state index contributed by atoms with van der Waals surface area (Å²) in [6.07, 6.45) is 3.70. The molecule has 0 fully saturated rings. The van der Waals surface area contributed by atoms with E-state index in [0.29, 0.717) is 5.69 Å². The number of rotatable bonds is 4. The Morgan fingerprint density at radius 3 is 2.66 bits per heavy atom. The van der Waals surface area contributed by atoms with Gasteiger partial charge in [-0.1, -0.05) is 29.8 Å². The molecule has 4 rings (SSSR count). The third-order valence-electron chi connectivity index (χ3n) is 5.09. The minimum Gasteiger partial charge on any atom is -0.323 e. The minimum absolute atomic E-state index is 0.165. The van der Waals surface area contributed by atoms with Gasteiger partial charge in [-0.25, -0.2) is 9.97 Å². The fourth-order valence-electron chi connectivity index (χ4n) is 3.37. The number of anilines is 1. The Balaban J connectivity index is 1.77. The maximum absolute atomic E-state index is 12.8. The maximum Gasteiger partial charge on any atom is 0.230 e. The molecule has 1 N–H and O–H groups in total. The van der Waals surface area contributed by atoms with Crippen molar-refractivity contribution in [3.05, 3.63) is 82.4 Å². The minimum atomic E-state index is -0.173. The molecule has 0 spiro atoms. The topological polar surface area (TPSA) is 59.3 Å². The van der Waals surface area contributed by atoms with Gasteiger partial charge in [0.2, 0.25) is 5.91 Å². The number of carbonyl (C=O) groups is 1. The molecule has 6 heteroatoms. The van der Waals surface area contributed by atoms with Crippen molar-refractivity contribution >= 4 is 28.8 Å². The second-order valence-electron chi connectivity index (χ2n) is 7.16. The third kappa shape index (κ3) is 3.74. The van der Waals surface area contributed by atoms with Crippen molar-refractivity contribution in [2.24, 2.45) is 0 Å². The van der Waals surface area contributed by atoms with Gasteiger partial charge in [-0.2, -0.15) is 0 Å². The Hall–Kier alpha value is -3.18. The number of nitrogens with one attached hydrogen (secondary N) is 1. The molecule has 0 saturated carbocycles. The number of fused-ring (bicyclic) bond motifs is 1. The summed E-state index contributed by atoms with van der Waals surface area (Å²) in [7, 11) is 0. The Bertz CT molecular complexity index is 1230. The first-order chi connectivity index (χ1) is 13.9.